The van der Waals surface area contributed by atoms with Crippen molar-refractivity contribution >= 4 is 25.4 Å². The van der Waals surface area contributed by atoms with Gasteiger partial charge in [-0.3, -0.25) is 0 Å². The summed E-state index contributed by atoms with van der Waals surface area (Å²) in [5.41, 5.74) is 0.570. The van der Waals surface area contributed by atoms with Crippen LogP contribution in [0, 0.1) is 23.2 Å². The van der Waals surface area contributed by atoms with Crippen LogP contribution in [-0.4, -0.2) is 21.1 Å². The Kier molecular flexibility index (Phi) is 10.5. The minimum absolute atomic E-state index is 0.0351. The Morgan fingerprint density at radius 1 is 0.875 bits per heavy atom. The number of rotatable bonds is 14. The van der Waals surface area contributed by atoms with E-state index in [1.807, 2.05) is 0 Å². The SMILES string of the molecule is CCCCCCB(CCC(CC)O[Si](c1ccccc1)(c1ccccc1)C(C)(C)C)C1C[C@@H]2C[C@H](C1C)C2(C)C. The lowest BCUT2D eigenvalue weighted by molar-refractivity contribution is -0.0992. The highest BCUT2D eigenvalue weighted by atomic mass is 28.4. The predicted molar refractivity (Wildman–Crippen MR) is 180 cm³/mol. The Morgan fingerprint density at radius 3 is 1.95 bits per heavy atom. The van der Waals surface area contributed by atoms with Gasteiger partial charge < -0.3 is 4.43 Å². The monoisotopic (exact) mass is 558 g/mol. The van der Waals surface area contributed by atoms with E-state index in [4.69, 9.17) is 4.43 Å². The van der Waals surface area contributed by atoms with Gasteiger partial charge in [0.2, 0.25) is 0 Å². The Labute approximate surface area is 249 Å². The third kappa shape index (κ3) is 6.36. The molecule has 0 N–H and O–H groups in total. The van der Waals surface area contributed by atoms with Crippen molar-refractivity contribution in [2.45, 2.75) is 136 Å². The van der Waals surface area contributed by atoms with Crippen molar-refractivity contribution in [3.63, 3.8) is 0 Å². The normalized spacial score (nSPS) is 24.8. The molecule has 3 aliphatic carbocycles. The van der Waals surface area contributed by atoms with Crippen LogP contribution >= 0.6 is 0 Å². The number of hydrogen-bond donors (Lipinski definition) is 0. The first-order chi connectivity index (χ1) is 19.1. The lowest BCUT2D eigenvalue weighted by Gasteiger charge is -2.63. The first kappa shape index (κ1) is 31.6. The second-order valence-corrected chi connectivity index (χ2v) is 19.4. The van der Waals surface area contributed by atoms with Gasteiger partial charge in [-0.05, 0) is 57.8 Å². The number of unbranched alkanes of at least 4 members (excludes halogenated alkanes) is 3. The van der Waals surface area contributed by atoms with E-state index in [0.717, 1.165) is 36.7 Å². The fraction of sp³-hybridized carbons (Fsp3) is 0.676. The molecule has 0 aromatic heterocycles. The Morgan fingerprint density at radius 2 is 1.48 bits per heavy atom. The molecule has 0 amide bonds. The van der Waals surface area contributed by atoms with Crippen LogP contribution in [-0.2, 0) is 4.43 Å². The fourth-order valence-corrected chi connectivity index (χ4v) is 13.7. The Bertz CT molecular complexity index is 990. The maximum atomic E-state index is 7.63. The van der Waals surface area contributed by atoms with Crippen molar-refractivity contribution < 1.29 is 4.43 Å². The molecule has 5 rings (SSSR count). The first-order valence-electron chi connectivity index (χ1n) is 16.8. The summed E-state index contributed by atoms with van der Waals surface area (Å²) in [6, 6.07) is 22.5. The maximum Gasteiger partial charge on any atom is 0.261 e. The minimum atomic E-state index is -2.52. The molecular formula is C37H59BOSi. The standard InChI is InChI=1S/C37H59BOSi/c1-9-11-12-19-25-38(35-28-30-27-34(29(35)3)37(30,7)8)26-24-31(10-2)39-40(36(4,5)6,32-20-15-13-16-21-32)33-22-17-14-18-23-33/h13-18,20-23,29-31,34-35H,9-12,19,24-28H2,1-8H3/t29?,30-,31?,34+,35?/m0/s1. The van der Waals surface area contributed by atoms with Crippen molar-refractivity contribution in [1.82, 2.24) is 0 Å². The predicted octanol–water partition coefficient (Wildman–Crippen LogP) is 9.88. The summed E-state index contributed by atoms with van der Waals surface area (Å²) in [5.74, 6) is 3.66. The van der Waals surface area contributed by atoms with Crippen LogP contribution in [0.1, 0.15) is 107 Å². The summed E-state index contributed by atoms with van der Waals surface area (Å²) in [4.78, 5) is 0. The zero-order valence-corrected chi connectivity index (χ0v) is 28.2. The molecule has 2 aromatic carbocycles. The summed E-state index contributed by atoms with van der Waals surface area (Å²) >= 11 is 0. The van der Waals surface area contributed by atoms with E-state index in [-0.39, 0.29) is 5.04 Å². The second-order valence-electron chi connectivity index (χ2n) is 15.1. The van der Waals surface area contributed by atoms with Gasteiger partial charge in [-0.1, -0.05) is 167 Å². The third-order valence-electron chi connectivity index (χ3n) is 11.5. The van der Waals surface area contributed by atoms with Crippen molar-refractivity contribution in [3.8, 4) is 0 Å². The molecule has 0 heterocycles. The largest absolute Gasteiger partial charge is 0.405 e. The lowest BCUT2D eigenvalue weighted by atomic mass is 9.27. The highest BCUT2D eigenvalue weighted by Crippen LogP contribution is 2.65. The molecule has 3 aliphatic rings. The lowest BCUT2D eigenvalue weighted by Crippen LogP contribution is -2.67. The van der Waals surface area contributed by atoms with Gasteiger partial charge in [0.1, 0.15) is 6.71 Å². The van der Waals surface area contributed by atoms with E-state index in [1.165, 1.54) is 68.0 Å². The second kappa shape index (κ2) is 13.3. The maximum absolute atomic E-state index is 7.63. The minimum Gasteiger partial charge on any atom is -0.405 e. The summed E-state index contributed by atoms with van der Waals surface area (Å²) in [6.45, 7) is 20.5. The average Bonchev–Trinajstić information content (AvgIpc) is 2.94. The topological polar surface area (TPSA) is 9.23 Å². The van der Waals surface area contributed by atoms with Crippen molar-refractivity contribution in [1.29, 1.82) is 0 Å². The molecule has 3 fully saturated rings. The van der Waals surface area contributed by atoms with Gasteiger partial charge >= 0.3 is 0 Å². The summed E-state index contributed by atoms with van der Waals surface area (Å²) in [5, 5.41) is 2.85. The number of hydrogen-bond acceptors (Lipinski definition) is 1. The molecule has 0 spiro atoms. The number of fused-ring (bicyclic) bond motifs is 2. The highest BCUT2D eigenvalue weighted by Gasteiger charge is 2.57. The zero-order valence-electron chi connectivity index (χ0n) is 27.2. The van der Waals surface area contributed by atoms with Crippen molar-refractivity contribution in [2.24, 2.45) is 23.2 Å². The van der Waals surface area contributed by atoms with Gasteiger partial charge in [0.25, 0.3) is 8.32 Å². The molecule has 220 valence electrons. The van der Waals surface area contributed by atoms with Crippen LogP contribution in [0.25, 0.3) is 0 Å². The van der Waals surface area contributed by atoms with E-state index < -0.39 is 8.32 Å². The van der Waals surface area contributed by atoms with Gasteiger partial charge in [0.05, 0.1) is 0 Å². The quantitative estimate of drug-likeness (QED) is 0.166. The van der Waals surface area contributed by atoms with Crippen molar-refractivity contribution in [3.05, 3.63) is 60.7 Å². The molecule has 0 radical (unpaired) electrons. The Balaban J connectivity index is 1.57. The highest BCUT2D eigenvalue weighted by molar-refractivity contribution is 6.99. The van der Waals surface area contributed by atoms with Crippen LogP contribution in [0.5, 0.6) is 0 Å². The van der Waals surface area contributed by atoms with Crippen LogP contribution in [0.2, 0.25) is 23.5 Å². The third-order valence-corrected chi connectivity index (χ3v) is 16.6. The van der Waals surface area contributed by atoms with Gasteiger partial charge in [-0.25, -0.2) is 0 Å². The molecule has 0 aliphatic heterocycles. The molecule has 2 aromatic rings. The van der Waals surface area contributed by atoms with E-state index in [9.17, 15) is 0 Å². The first-order valence-corrected chi connectivity index (χ1v) is 18.8. The molecule has 5 atom stereocenters. The van der Waals surface area contributed by atoms with Crippen LogP contribution in [0.15, 0.2) is 60.7 Å². The van der Waals surface area contributed by atoms with Gasteiger partial charge in [-0.2, -0.15) is 0 Å². The van der Waals surface area contributed by atoms with Crippen LogP contribution in [0.4, 0.5) is 0 Å². The smallest absolute Gasteiger partial charge is 0.261 e. The molecule has 0 saturated heterocycles. The summed E-state index contributed by atoms with van der Waals surface area (Å²) < 4.78 is 7.63. The average molecular weight is 559 g/mol. The van der Waals surface area contributed by atoms with Gasteiger partial charge in [0.15, 0.2) is 0 Å². The van der Waals surface area contributed by atoms with Crippen LogP contribution < -0.4 is 10.4 Å². The summed E-state index contributed by atoms with van der Waals surface area (Å²) in [7, 11) is -2.52. The molecule has 3 saturated carbocycles. The molecular weight excluding hydrogens is 499 g/mol. The molecule has 40 heavy (non-hydrogen) atoms. The van der Waals surface area contributed by atoms with Crippen LogP contribution in [0.3, 0.4) is 0 Å². The fourth-order valence-electron chi connectivity index (χ4n) is 8.91. The molecule has 2 bridgehead atoms. The van der Waals surface area contributed by atoms with Crippen molar-refractivity contribution in [2.75, 3.05) is 0 Å². The van der Waals surface area contributed by atoms with E-state index >= 15 is 0 Å². The molecule has 3 unspecified atom stereocenters. The molecule has 3 heteroatoms. The van der Waals surface area contributed by atoms with Gasteiger partial charge in [0, 0.05) is 6.10 Å². The number of benzene rings is 2. The zero-order chi connectivity index (χ0) is 29.0. The van der Waals surface area contributed by atoms with E-state index in [0.29, 0.717) is 11.5 Å². The molecule has 1 nitrogen and oxygen atoms in total. The van der Waals surface area contributed by atoms with Gasteiger partial charge in [-0.15, -0.1) is 0 Å². The summed E-state index contributed by atoms with van der Waals surface area (Å²) in [6.07, 6.45) is 13.8. The van der Waals surface area contributed by atoms with E-state index in [2.05, 4.69) is 116 Å². The van der Waals surface area contributed by atoms with E-state index in [1.54, 1.807) is 0 Å². The Hall–Kier alpha value is -1.32.